The highest BCUT2D eigenvalue weighted by Crippen LogP contribution is 2.34. The molecule has 0 saturated carbocycles. The zero-order valence-corrected chi connectivity index (χ0v) is 16.1. The van der Waals surface area contributed by atoms with Crippen molar-refractivity contribution in [1.82, 2.24) is 4.90 Å². The third-order valence-electron chi connectivity index (χ3n) is 5.48. The summed E-state index contributed by atoms with van der Waals surface area (Å²) in [7, 11) is 0. The van der Waals surface area contributed by atoms with Crippen LogP contribution in [-0.4, -0.2) is 46.5 Å². The molecule has 0 aliphatic carbocycles. The van der Waals surface area contributed by atoms with Gasteiger partial charge in [0.15, 0.2) is 6.10 Å². The number of carbonyl (C=O) groups excluding carboxylic acids is 2. The van der Waals surface area contributed by atoms with E-state index in [2.05, 4.69) is 0 Å². The van der Waals surface area contributed by atoms with E-state index in [9.17, 15) is 19.5 Å². The Morgan fingerprint density at radius 1 is 1.10 bits per heavy atom. The third-order valence-corrected chi connectivity index (χ3v) is 5.48. The van der Waals surface area contributed by atoms with Gasteiger partial charge in [0.2, 0.25) is 5.91 Å². The Hall–Kier alpha value is -3.35. The van der Waals surface area contributed by atoms with Crippen LogP contribution in [0.4, 0.5) is 5.69 Å². The number of rotatable bonds is 4. The number of para-hydroxylation sites is 2. The van der Waals surface area contributed by atoms with Crippen LogP contribution >= 0.6 is 0 Å². The van der Waals surface area contributed by atoms with Crippen molar-refractivity contribution in [2.75, 3.05) is 11.4 Å². The molecule has 2 aliphatic rings. The molecule has 2 amide bonds. The van der Waals surface area contributed by atoms with Crippen LogP contribution < -0.4 is 9.64 Å². The van der Waals surface area contributed by atoms with Crippen LogP contribution in [0.2, 0.25) is 0 Å². The lowest BCUT2D eigenvalue weighted by Gasteiger charge is -2.36. The molecule has 7 heteroatoms. The average Bonchev–Trinajstić information content (AvgIpc) is 2.73. The van der Waals surface area contributed by atoms with E-state index in [0.717, 1.165) is 11.1 Å². The van der Waals surface area contributed by atoms with Crippen LogP contribution in [0, 0.1) is 0 Å². The number of ether oxygens (including phenoxy) is 1. The normalized spacial score (nSPS) is 20.5. The molecule has 0 fully saturated rings. The van der Waals surface area contributed by atoms with Crippen LogP contribution in [0.15, 0.2) is 48.5 Å². The molecule has 2 atom stereocenters. The van der Waals surface area contributed by atoms with Crippen LogP contribution in [0.3, 0.4) is 0 Å². The van der Waals surface area contributed by atoms with E-state index in [1.54, 1.807) is 24.0 Å². The minimum atomic E-state index is -1.02. The Morgan fingerprint density at radius 2 is 1.79 bits per heavy atom. The summed E-state index contributed by atoms with van der Waals surface area (Å²) in [6.07, 6.45) is -0.305. The van der Waals surface area contributed by atoms with Gasteiger partial charge in [-0.15, -0.1) is 0 Å². The van der Waals surface area contributed by atoms with Crippen LogP contribution in [0.1, 0.15) is 24.5 Å². The molecule has 29 heavy (non-hydrogen) atoms. The van der Waals surface area contributed by atoms with Gasteiger partial charge in [0.05, 0.1) is 5.69 Å². The van der Waals surface area contributed by atoms with Crippen molar-refractivity contribution in [2.24, 2.45) is 0 Å². The number of hydrogen-bond acceptors (Lipinski definition) is 4. The minimum Gasteiger partial charge on any atom is -0.480 e. The van der Waals surface area contributed by atoms with Crippen LogP contribution in [-0.2, 0) is 27.3 Å². The maximum atomic E-state index is 13.0. The Morgan fingerprint density at radius 3 is 2.55 bits per heavy atom. The molecule has 2 aromatic carbocycles. The Bertz CT molecular complexity index is 973. The summed E-state index contributed by atoms with van der Waals surface area (Å²) >= 11 is 0. The van der Waals surface area contributed by atoms with Gasteiger partial charge >= 0.3 is 5.97 Å². The molecule has 150 valence electrons. The van der Waals surface area contributed by atoms with Crippen LogP contribution in [0.25, 0.3) is 0 Å². The molecule has 0 radical (unpaired) electrons. The monoisotopic (exact) mass is 394 g/mol. The molecule has 1 N–H and O–H groups in total. The van der Waals surface area contributed by atoms with E-state index >= 15 is 0 Å². The lowest BCUT2D eigenvalue weighted by molar-refractivity contribution is -0.151. The summed E-state index contributed by atoms with van der Waals surface area (Å²) in [5.41, 5.74) is 2.54. The molecule has 0 unspecified atom stereocenters. The topological polar surface area (TPSA) is 87.2 Å². The molecular formula is C22H22N2O5. The van der Waals surface area contributed by atoms with Crippen molar-refractivity contribution in [3.8, 4) is 5.75 Å². The zero-order chi connectivity index (χ0) is 20.5. The number of hydrogen-bond donors (Lipinski definition) is 1. The van der Waals surface area contributed by atoms with Crippen molar-refractivity contribution in [3.05, 3.63) is 59.7 Å². The molecule has 0 saturated heterocycles. The maximum Gasteiger partial charge on any atom is 0.326 e. The molecule has 7 nitrogen and oxygen atoms in total. The standard InChI is InChI=1S/C22H22N2O5/c1-14-21(26)23(17-8-4-5-9-19(17)29-14)11-10-20(25)24-13-16-7-3-2-6-15(16)12-18(24)22(27)28/h2-9,14,18H,10-13H2,1H3,(H,27,28)/t14-,18+/m0/s1. The highest BCUT2D eigenvalue weighted by Gasteiger charge is 2.36. The van der Waals surface area contributed by atoms with Crippen molar-refractivity contribution in [3.63, 3.8) is 0 Å². The van der Waals surface area contributed by atoms with Crippen LogP contribution in [0.5, 0.6) is 5.75 Å². The van der Waals surface area contributed by atoms with E-state index in [0.29, 0.717) is 11.4 Å². The number of anilines is 1. The molecule has 2 aromatic rings. The fourth-order valence-electron chi connectivity index (χ4n) is 3.95. The summed E-state index contributed by atoms with van der Waals surface area (Å²) in [6, 6.07) is 13.9. The molecule has 0 aromatic heterocycles. The molecule has 4 rings (SSSR count). The van der Waals surface area contributed by atoms with Gasteiger partial charge in [0.25, 0.3) is 5.91 Å². The first-order chi connectivity index (χ1) is 14.0. The number of carboxylic acid groups (broad SMARTS) is 1. The maximum absolute atomic E-state index is 13.0. The van der Waals surface area contributed by atoms with Gasteiger partial charge in [-0.25, -0.2) is 4.79 Å². The van der Waals surface area contributed by atoms with E-state index in [1.165, 1.54) is 4.90 Å². The van der Waals surface area contributed by atoms with Gasteiger partial charge in [0.1, 0.15) is 11.8 Å². The highest BCUT2D eigenvalue weighted by molar-refractivity contribution is 6.00. The molecule has 0 bridgehead atoms. The SMILES string of the molecule is C[C@@H]1Oc2ccccc2N(CCC(=O)N2Cc3ccccc3C[C@@H]2C(=O)O)C1=O. The largest absolute Gasteiger partial charge is 0.480 e. The van der Waals surface area contributed by atoms with E-state index in [1.807, 2.05) is 36.4 Å². The molecule has 2 heterocycles. The second kappa shape index (κ2) is 7.58. The Balaban J connectivity index is 1.52. The minimum absolute atomic E-state index is 0.0404. The van der Waals surface area contributed by atoms with E-state index < -0.39 is 18.1 Å². The molecule has 0 spiro atoms. The summed E-state index contributed by atoms with van der Waals surface area (Å²) in [6.45, 7) is 2.11. The number of benzene rings is 2. The summed E-state index contributed by atoms with van der Waals surface area (Å²) in [5.74, 6) is -0.914. The Kier molecular flexibility index (Phi) is 4.96. The van der Waals surface area contributed by atoms with Gasteiger partial charge in [-0.2, -0.15) is 0 Å². The number of amides is 2. The fourth-order valence-corrected chi connectivity index (χ4v) is 3.95. The smallest absolute Gasteiger partial charge is 0.326 e. The number of fused-ring (bicyclic) bond motifs is 2. The molecule has 2 aliphatic heterocycles. The van der Waals surface area contributed by atoms with Gasteiger partial charge in [-0.1, -0.05) is 36.4 Å². The predicted octanol–water partition coefficient (Wildman–Crippen LogP) is 2.23. The first-order valence-electron chi connectivity index (χ1n) is 9.62. The third kappa shape index (κ3) is 3.55. The van der Waals surface area contributed by atoms with Crippen molar-refractivity contribution >= 4 is 23.5 Å². The lowest BCUT2D eigenvalue weighted by Crippen LogP contribution is -2.50. The lowest BCUT2D eigenvalue weighted by atomic mass is 9.93. The highest BCUT2D eigenvalue weighted by atomic mass is 16.5. The predicted molar refractivity (Wildman–Crippen MR) is 106 cm³/mol. The summed E-state index contributed by atoms with van der Waals surface area (Å²) < 4.78 is 5.62. The first kappa shape index (κ1) is 19.0. The van der Waals surface area contributed by atoms with Gasteiger partial charge in [0, 0.05) is 25.9 Å². The van der Waals surface area contributed by atoms with Gasteiger partial charge in [-0.3, -0.25) is 9.59 Å². The fraction of sp³-hybridized carbons (Fsp3) is 0.318. The zero-order valence-electron chi connectivity index (χ0n) is 16.1. The Labute approximate surface area is 168 Å². The quantitative estimate of drug-likeness (QED) is 0.859. The first-order valence-corrected chi connectivity index (χ1v) is 9.62. The van der Waals surface area contributed by atoms with Crippen molar-refractivity contribution in [2.45, 2.75) is 38.5 Å². The van der Waals surface area contributed by atoms with Gasteiger partial charge < -0.3 is 19.6 Å². The van der Waals surface area contributed by atoms with E-state index in [4.69, 9.17) is 4.74 Å². The van der Waals surface area contributed by atoms with E-state index in [-0.39, 0.29) is 37.7 Å². The average molecular weight is 394 g/mol. The number of aliphatic carboxylic acids is 1. The summed E-state index contributed by atoms with van der Waals surface area (Å²) in [4.78, 5) is 40.3. The second-order valence-corrected chi connectivity index (χ2v) is 7.32. The van der Waals surface area contributed by atoms with Gasteiger partial charge in [-0.05, 0) is 30.2 Å². The van der Waals surface area contributed by atoms with Crippen molar-refractivity contribution < 1.29 is 24.2 Å². The number of nitrogens with zero attached hydrogens (tertiary/aromatic N) is 2. The summed E-state index contributed by atoms with van der Waals surface area (Å²) in [5, 5.41) is 9.63. The molecular weight excluding hydrogens is 372 g/mol. The second-order valence-electron chi connectivity index (χ2n) is 7.32. The van der Waals surface area contributed by atoms with Crippen molar-refractivity contribution in [1.29, 1.82) is 0 Å². The number of carbonyl (C=O) groups is 3. The number of carboxylic acids is 1.